The first-order chi connectivity index (χ1) is 7.20. The van der Waals surface area contributed by atoms with Crippen LogP contribution in [0, 0.1) is 5.82 Å². The molecule has 1 aromatic heterocycles. The van der Waals surface area contributed by atoms with Crippen molar-refractivity contribution >= 4 is 16.8 Å². The molecule has 1 N–H and O–H groups in total. The van der Waals surface area contributed by atoms with E-state index in [1.165, 1.54) is 25.4 Å². The van der Waals surface area contributed by atoms with Gasteiger partial charge in [-0.3, -0.25) is 9.78 Å². The van der Waals surface area contributed by atoms with E-state index in [9.17, 15) is 9.18 Å². The average Bonchev–Trinajstić information content (AvgIpc) is 2.27. The fourth-order valence-corrected chi connectivity index (χ4v) is 1.37. The lowest BCUT2D eigenvalue weighted by Crippen LogP contribution is -2.17. The number of carbonyl (C=O) groups excluding carboxylic acids is 1. The molecule has 0 spiro atoms. The van der Waals surface area contributed by atoms with Crippen molar-refractivity contribution in [3.8, 4) is 0 Å². The normalized spacial score (nSPS) is 10.3. The molecule has 2 aromatic rings. The average molecular weight is 204 g/mol. The molecular formula is C11H9FN2O. The van der Waals surface area contributed by atoms with Gasteiger partial charge in [0, 0.05) is 18.6 Å². The Kier molecular flexibility index (Phi) is 2.33. The number of nitrogens with one attached hydrogen (secondary N) is 1. The van der Waals surface area contributed by atoms with Crippen LogP contribution < -0.4 is 5.32 Å². The molecule has 0 fully saturated rings. The zero-order valence-corrected chi connectivity index (χ0v) is 8.12. The first-order valence-electron chi connectivity index (χ1n) is 4.48. The van der Waals surface area contributed by atoms with Crippen molar-refractivity contribution in [3.05, 3.63) is 41.8 Å². The molecule has 0 saturated heterocycles. The molecule has 0 aliphatic heterocycles. The third-order valence-electron chi connectivity index (χ3n) is 2.13. The number of carbonyl (C=O) groups is 1. The smallest absolute Gasteiger partial charge is 0.252 e. The van der Waals surface area contributed by atoms with Gasteiger partial charge in [0.25, 0.3) is 5.91 Å². The highest BCUT2D eigenvalue weighted by Crippen LogP contribution is 2.14. The number of pyridine rings is 1. The first kappa shape index (κ1) is 9.58. The van der Waals surface area contributed by atoms with Gasteiger partial charge in [0.15, 0.2) is 0 Å². The van der Waals surface area contributed by atoms with Crippen LogP contribution in [-0.2, 0) is 0 Å². The van der Waals surface area contributed by atoms with Crippen LogP contribution in [0.4, 0.5) is 4.39 Å². The van der Waals surface area contributed by atoms with Gasteiger partial charge >= 0.3 is 0 Å². The van der Waals surface area contributed by atoms with Crippen molar-refractivity contribution in [1.82, 2.24) is 10.3 Å². The van der Waals surface area contributed by atoms with Crippen molar-refractivity contribution in [1.29, 1.82) is 0 Å². The molecule has 0 aliphatic carbocycles. The minimum Gasteiger partial charge on any atom is -0.355 e. The second-order valence-corrected chi connectivity index (χ2v) is 3.14. The summed E-state index contributed by atoms with van der Waals surface area (Å²) in [7, 11) is 1.54. The van der Waals surface area contributed by atoms with Crippen molar-refractivity contribution in [2.45, 2.75) is 0 Å². The van der Waals surface area contributed by atoms with Gasteiger partial charge in [0.1, 0.15) is 5.82 Å². The van der Waals surface area contributed by atoms with Gasteiger partial charge in [-0.1, -0.05) is 0 Å². The van der Waals surface area contributed by atoms with Crippen molar-refractivity contribution in [3.63, 3.8) is 0 Å². The summed E-state index contributed by atoms with van der Waals surface area (Å²) >= 11 is 0. The van der Waals surface area contributed by atoms with Gasteiger partial charge in [-0.05, 0) is 24.3 Å². The summed E-state index contributed by atoms with van der Waals surface area (Å²) in [6, 6.07) is 5.90. The second-order valence-electron chi connectivity index (χ2n) is 3.14. The van der Waals surface area contributed by atoms with Crippen LogP contribution in [0.25, 0.3) is 10.9 Å². The van der Waals surface area contributed by atoms with Crippen LogP contribution in [0.2, 0.25) is 0 Å². The number of hydrogen-bond donors (Lipinski definition) is 1. The molecule has 0 saturated carbocycles. The Hall–Kier alpha value is -1.97. The maximum absolute atomic E-state index is 12.9. The van der Waals surface area contributed by atoms with E-state index in [0.717, 1.165) is 0 Å². The van der Waals surface area contributed by atoms with E-state index in [4.69, 9.17) is 0 Å². The Bertz CT molecular complexity index is 525. The van der Waals surface area contributed by atoms with Gasteiger partial charge in [-0.2, -0.15) is 0 Å². The van der Waals surface area contributed by atoms with Crippen LogP contribution in [0.3, 0.4) is 0 Å². The van der Waals surface area contributed by atoms with E-state index in [1.54, 1.807) is 12.1 Å². The van der Waals surface area contributed by atoms with Crippen LogP contribution in [0.15, 0.2) is 30.5 Å². The van der Waals surface area contributed by atoms with Crippen molar-refractivity contribution in [2.24, 2.45) is 0 Å². The van der Waals surface area contributed by atoms with E-state index >= 15 is 0 Å². The van der Waals surface area contributed by atoms with E-state index < -0.39 is 0 Å². The zero-order chi connectivity index (χ0) is 10.8. The summed E-state index contributed by atoms with van der Waals surface area (Å²) in [5.74, 6) is -0.563. The predicted molar refractivity (Wildman–Crippen MR) is 55.1 cm³/mol. The molecule has 2 rings (SSSR count). The van der Waals surface area contributed by atoms with Crippen LogP contribution >= 0.6 is 0 Å². The van der Waals surface area contributed by atoms with Gasteiger partial charge in [0.2, 0.25) is 0 Å². The number of fused-ring (bicyclic) bond motifs is 1. The van der Waals surface area contributed by atoms with E-state index in [2.05, 4.69) is 10.3 Å². The van der Waals surface area contributed by atoms with Crippen molar-refractivity contribution in [2.75, 3.05) is 7.05 Å². The summed E-state index contributed by atoms with van der Waals surface area (Å²) in [4.78, 5) is 15.4. The number of aromatic nitrogens is 1. The van der Waals surface area contributed by atoms with Gasteiger partial charge in [-0.15, -0.1) is 0 Å². The van der Waals surface area contributed by atoms with Crippen molar-refractivity contribution < 1.29 is 9.18 Å². The number of halogens is 1. The SMILES string of the molecule is CNC(=O)c1cnc2ccc(F)cc2c1. The van der Waals surface area contributed by atoms with Gasteiger partial charge < -0.3 is 5.32 Å². The monoisotopic (exact) mass is 204 g/mol. The summed E-state index contributed by atoms with van der Waals surface area (Å²) in [5.41, 5.74) is 1.10. The number of hydrogen-bond acceptors (Lipinski definition) is 2. The van der Waals surface area contributed by atoms with Crippen LogP contribution in [0.5, 0.6) is 0 Å². The predicted octanol–water partition coefficient (Wildman–Crippen LogP) is 1.73. The quantitative estimate of drug-likeness (QED) is 0.768. The summed E-state index contributed by atoms with van der Waals surface area (Å²) < 4.78 is 12.9. The minimum atomic E-state index is -0.335. The minimum absolute atomic E-state index is 0.228. The second kappa shape index (κ2) is 3.65. The standard InChI is InChI=1S/C11H9FN2O/c1-13-11(15)8-4-7-5-9(12)2-3-10(7)14-6-8/h2-6H,1H3,(H,13,15). The largest absolute Gasteiger partial charge is 0.355 e. The first-order valence-corrected chi connectivity index (χ1v) is 4.48. The molecule has 1 heterocycles. The fraction of sp³-hybridized carbons (Fsp3) is 0.0909. The molecule has 1 aromatic carbocycles. The molecule has 15 heavy (non-hydrogen) atoms. The highest BCUT2D eigenvalue weighted by atomic mass is 19.1. The Morgan fingerprint density at radius 3 is 2.93 bits per heavy atom. The van der Waals surface area contributed by atoms with E-state index in [0.29, 0.717) is 16.5 Å². The number of benzene rings is 1. The molecule has 0 bridgehead atoms. The molecular weight excluding hydrogens is 195 g/mol. The molecule has 3 nitrogen and oxygen atoms in total. The van der Waals surface area contributed by atoms with Crippen LogP contribution in [-0.4, -0.2) is 17.9 Å². The highest BCUT2D eigenvalue weighted by Gasteiger charge is 2.05. The van der Waals surface area contributed by atoms with E-state index in [-0.39, 0.29) is 11.7 Å². The Labute approximate surface area is 85.9 Å². The molecule has 0 atom stereocenters. The zero-order valence-electron chi connectivity index (χ0n) is 8.12. The number of nitrogens with zero attached hydrogens (tertiary/aromatic N) is 1. The Balaban J connectivity index is 2.59. The molecule has 4 heteroatoms. The third kappa shape index (κ3) is 1.79. The lowest BCUT2D eigenvalue weighted by molar-refractivity contribution is 0.0963. The topological polar surface area (TPSA) is 42.0 Å². The lowest BCUT2D eigenvalue weighted by atomic mass is 10.1. The molecule has 76 valence electrons. The van der Waals surface area contributed by atoms with Gasteiger partial charge in [-0.25, -0.2) is 4.39 Å². The summed E-state index contributed by atoms with van der Waals surface area (Å²) in [6.45, 7) is 0. The van der Waals surface area contributed by atoms with Gasteiger partial charge in [0.05, 0.1) is 11.1 Å². The molecule has 0 aliphatic rings. The highest BCUT2D eigenvalue weighted by molar-refractivity contribution is 5.97. The molecule has 0 radical (unpaired) electrons. The number of amides is 1. The van der Waals surface area contributed by atoms with Crippen LogP contribution in [0.1, 0.15) is 10.4 Å². The molecule has 0 unspecified atom stereocenters. The molecule has 1 amide bonds. The maximum Gasteiger partial charge on any atom is 0.252 e. The fourth-order valence-electron chi connectivity index (χ4n) is 1.37. The number of rotatable bonds is 1. The Morgan fingerprint density at radius 1 is 1.40 bits per heavy atom. The van der Waals surface area contributed by atoms with E-state index in [1.807, 2.05) is 0 Å². The lowest BCUT2D eigenvalue weighted by Gasteiger charge is -2.01. The summed E-state index contributed by atoms with van der Waals surface area (Å²) in [5, 5.41) is 3.11. The summed E-state index contributed by atoms with van der Waals surface area (Å²) in [6.07, 6.45) is 1.47. The maximum atomic E-state index is 12.9. The Morgan fingerprint density at radius 2 is 2.20 bits per heavy atom. The third-order valence-corrected chi connectivity index (χ3v) is 2.13.